The maximum absolute atomic E-state index is 6.33. The third-order valence-corrected chi connectivity index (χ3v) is 3.30. The first kappa shape index (κ1) is 13.1. The van der Waals surface area contributed by atoms with Gasteiger partial charge in [0.05, 0.1) is 11.1 Å². The highest BCUT2D eigenvalue weighted by Crippen LogP contribution is 2.18. The maximum Gasteiger partial charge on any atom is 0.0709 e. The zero-order chi connectivity index (χ0) is 12.8. The summed E-state index contributed by atoms with van der Waals surface area (Å²) in [7, 11) is 0. The number of aromatic nitrogens is 1. The Morgan fingerprint density at radius 1 is 1.17 bits per heavy atom. The average Bonchev–Trinajstić information content (AvgIpc) is 2.42. The molecule has 0 saturated carbocycles. The van der Waals surface area contributed by atoms with Crippen LogP contribution in [0.4, 0.5) is 0 Å². The van der Waals surface area contributed by atoms with Crippen LogP contribution < -0.4 is 5.32 Å². The molecule has 1 aromatic heterocycles. The molecule has 18 heavy (non-hydrogen) atoms. The van der Waals surface area contributed by atoms with Gasteiger partial charge in [-0.05, 0) is 24.1 Å². The molecule has 94 valence electrons. The lowest BCUT2D eigenvalue weighted by Gasteiger charge is -2.11. The van der Waals surface area contributed by atoms with E-state index in [1.54, 1.807) is 0 Å². The van der Waals surface area contributed by atoms with Crippen LogP contribution in [0.25, 0.3) is 0 Å². The third kappa shape index (κ3) is 3.56. The number of hydrogen-bond acceptors (Lipinski definition) is 2. The number of hydrogen-bond donors (Lipinski definition) is 1. The number of aryl methyl sites for hydroxylation is 1. The van der Waals surface area contributed by atoms with Gasteiger partial charge in [-0.25, -0.2) is 0 Å². The summed E-state index contributed by atoms with van der Waals surface area (Å²) in [5, 5.41) is 3.34. The molecule has 0 aliphatic heterocycles. The van der Waals surface area contributed by atoms with Gasteiger partial charge in [-0.15, -0.1) is 11.6 Å². The lowest BCUT2D eigenvalue weighted by atomic mass is 10.1. The number of nitrogens with zero attached hydrogens (tertiary/aromatic N) is 1. The normalized spacial score (nSPS) is 12.3. The Morgan fingerprint density at radius 2 is 1.94 bits per heavy atom. The van der Waals surface area contributed by atoms with Crippen molar-refractivity contribution in [1.82, 2.24) is 10.3 Å². The van der Waals surface area contributed by atoms with Gasteiger partial charge in [-0.1, -0.05) is 36.4 Å². The summed E-state index contributed by atoms with van der Waals surface area (Å²) < 4.78 is 0. The SMILES string of the molecule is Cc1cccnc1CNCC(Cl)c1ccccc1. The molecule has 1 aromatic carbocycles. The first-order chi connectivity index (χ1) is 8.77. The molecule has 0 radical (unpaired) electrons. The molecule has 1 heterocycles. The fraction of sp³-hybridized carbons (Fsp3) is 0.267. The highest BCUT2D eigenvalue weighted by Gasteiger charge is 2.07. The highest BCUT2D eigenvalue weighted by atomic mass is 35.5. The quantitative estimate of drug-likeness (QED) is 0.833. The summed E-state index contributed by atoms with van der Waals surface area (Å²) in [6.07, 6.45) is 1.82. The van der Waals surface area contributed by atoms with Gasteiger partial charge >= 0.3 is 0 Å². The molecule has 3 heteroatoms. The lowest BCUT2D eigenvalue weighted by molar-refractivity contribution is 0.661. The molecule has 0 bridgehead atoms. The molecule has 1 N–H and O–H groups in total. The van der Waals surface area contributed by atoms with Gasteiger partial charge in [0.25, 0.3) is 0 Å². The van der Waals surface area contributed by atoms with E-state index in [1.165, 1.54) is 5.56 Å². The maximum atomic E-state index is 6.33. The average molecular weight is 261 g/mol. The summed E-state index contributed by atoms with van der Waals surface area (Å²) in [6.45, 7) is 3.56. The Bertz CT molecular complexity index is 485. The van der Waals surface area contributed by atoms with Crippen LogP contribution in [0.15, 0.2) is 48.7 Å². The fourth-order valence-electron chi connectivity index (χ4n) is 1.80. The predicted molar refractivity (Wildman–Crippen MR) is 75.7 cm³/mol. The minimum Gasteiger partial charge on any atom is -0.309 e. The molecular weight excluding hydrogens is 244 g/mol. The zero-order valence-electron chi connectivity index (χ0n) is 10.4. The minimum atomic E-state index is -0.00443. The van der Waals surface area contributed by atoms with Crippen molar-refractivity contribution in [3.05, 3.63) is 65.5 Å². The van der Waals surface area contributed by atoms with Gasteiger partial charge in [0.2, 0.25) is 0 Å². The van der Waals surface area contributed by atoms with Gasteiger partial charge in [0.1, 0.15) is 0 Å². The van der Waals surface area contributed by atoms with Crippen LogP contribution in [0.2, 0.25) is 0 Å². The van der Waals surface area contributed by atoms with Crippen LogP contribution in [-0.4, -0.2) is 11.5 Å². The molecule has 2 nitrogen and oxygen atoms in total. The van der Waals surface area contributed by atoms with Gasteiger partial charge < -0.3 is 5.32 Å². The Labute approximate surface area is 113 Å². The van der Waals surface area contributed by atoms with E-state index >= 15 is 0 Å². The van der Waals surface area contributed by atoms with E-state index < -0.39 is 0 Å². The van der Waals surface area contributed by atoms with E-state index in [0.717, 1.165) is 24.3 Å². The molecule has 0 aliphatic carbocycles. The van der Waals surface area contributed by atoms with Crippen LogP contribution in [0, 0.1) is 6.92 Å². The molecule has 2 aromatic rings. The topological polar surface area (TPSA) is 24.9 Å². The number of pyridine rings is 1. The number of benzene rings is 1. The van der Waals surface area contributed by atoms with E-state index in [0.29, 0.717) is 0 Å². The third-order valence-electron chi connectivity index (χ3n) is 2.90. The van der Waals surface area contributed by atoms with E-state index in [2.05, 4.69) is 23.3 Å². The summed E-state index contributed by atoms with van der Waals surface area (Å²) in [5.41, 5.74) is 3.43. The van der Waals surface area contributed by atoms with Crippen LogP contribution in [0.3, 0.4) is 0 Å². The number of rotatable bonds is 5. The van der Waals surface area contributed by atoms with Crippen molar-refractivity contribution in [2.75, 3.05) is 6.54 Å². The molecule has 1 unspecified atom stereocenters. The van der Waals surface area contributed by atoms with Gasteiger partial charge in [0, 0.05) is 19.3 Å². The predicted octanol–water partition coefficient (Wildman–Crippen LogP) is 3.46. The number of halogens is 1. The van der Waals surface area contributed by atoms with E-state index in [1.807, 2.05) is 42.6 Å². The molecule has 0 fully saturated rings. The Balaban J connectivity index is 1.84. The van der Waals surface area contributed by atoms with Crippen molar-refractivity contribution in [1.29, 1.82) is 0 Å². The Hall–Kier alpha value is -1.38. The van der Waals surface area contributed by atoms with E-state index in [9.17, 15) is 0 Å². The molecule has 0 amide bonds. The van der Waals surface area contributed by atoms with Crippen molar-refractivity contribution < 1.29 is 0 Å². The Morgan fingerprint density at radius 3 is 2.67 bits per heavy atom. The molecule has 2 rings (SSSR count). The standard InChI is InChI=1S/C15H17ClN2/c1-12-6-5-9-18-15(12)11-17-10-14(16)13-7-3-2-4-8-13/h2-9,14,17H,10-11H2,1H3. The highest BCUT2D eigenvalue weighted by molar-refractivity contribution is 6.21. The molecule has 1 atom stereocenters. The molecular formula is C15H17ClN2. The monoisotopic (exact) mass is 260 g/mol. The molecule has 0 saturated heterocycles. The summed E-state index contributed by atoms with van der Waals surface area (Å²) in [4.78, 5) is 4.34. The van der Waals surface area contributed by atoms with Crippen LogP contribution in [0.5, 0.6) is 0 Å². The minimum absolute atomic E-state index is 0.00443. The smallest absolute Gasteiger partial charge is 0.0709 e. The van der Waals surface area contributed by atoms with Gasteiger partial charge in [0.15, 0.2) is 0 Å². The van der Waals surface area contributed by atoms with Crippen LogP contribution >= 0.6 is 11.6 Å². The first-order valence-corrected chi connectivity index (χ1v) is 6.51. The molecule has 0 aliphatic rings. The number of nitrogens with one attached hydrogen (secondary N) is 1. The second kappa shape index (κ2) is 6.53. The van der Waals surface area contributed by atoms with Gasteiger partial charge in [-0.2, -0.15) is 0 Å². The van der Waals surface area contributed by atoms with Crippen molar-refractivity contribution in [3.63, 3.8) is 0 Å². The van der Waals surface area contributed by atoms with Crippen molar-refractivity contribution in [2.24, 2.45) is 0 Å². The van der Waals surface area contributed by atoms with E-state index in [-0.39, 0.29) is 5.38 Å². The lowest BCUT2D eigenvalue weighted by Crippen LogP contribution is -2.19. The summed E-state index contributed by atoms with van der Waals surface area (Å²) in [6, 6.07) is 14.1. The second-order valence-corrected chi connectivity index (χ2v) is 4.80. The number of alkyl halides is 1. The Kier molecular flexibility index (Phi) is 4.73. The first-order valence-electron chi connectivity index (χ1n) is 6.07. The van der Waals surface area contributed by atoms with E-state index in [4.69, 9.17) is 11.6 Å². The van der Waals surface area contributed by atoms with Crippen molar-refractivity contribution >= 4 is 11.6 Å². The second-order valence-electron chi connectivity index (χ2n) is 4.28. The fourth-order valence-corrected chi connectivity index (χ4v) is 2.06. The van der Waals surface area contributed by atoms with Crippen LogP contribution in [-0.2, 0) is 6.54 Å². The summed E-state index contributed by atoms with van der Waals surface area (Å²) >= 11 is 6.33. The summed E-state index contributed by atoms with van der Waals surface area (Å²) in [5.74, 6) is 0. The zero-order valence-corrected chi connectivity index (χ0v) is 11.2. The van der Waals surface area contributed by atoms with Crippen molar-refractivity contribution in [3.8, 4) is 0 Å². The van der Waals surface area contributed by atoms with Crippen molar-refractivity contribution in [2.45, 2.75) is 18.8 Å². The van der Waals surface area contributed by atoms with Crippen LogP contribution in [0.1, 0.15) is 22.2 Å². The van der Waals surface area contributed by atoms with Gasteiger partial charge in [-0.3, -0.25) is 4.98 Å². The largest absolute Gasteiger partial charge is 0.309 e. The molecule has 0 spiro atoms.